The molecule has 2 aromatic carbocycles. The third-order valence-corrected chi connectivity index (χ3v) is 6.69. The summed E-state index contributed by atoms with van der Waals surface area (Å²) in [5.41, 5.74) is 6.03. The number of aromatic hydroxyl groups is 2. The van der Waals surface area contributed by atoms with Crippen LogP contribution in [0.2, 0.25) is 0 Å². The molecule has 2 nitrogen and oxygen atoms in total. The van der Waals surface area contributed by atoms with Gasteiger partial charge in [0.25, 0.3) is 0 Å². The van der Waals surface area contributed by atoms with Gasteiger partial charge in [-0.15, -0.1) is 0 Å². The van der Waals surface area contributed by atoms with Crippen LogP contribution in [-0.4, -0.2) is 10.2 Å². The van der Waals surface area contributed by atoms with Gasteiger partial charge in [-0.25, -0.2) is 0 Å². The highest BCUT2D eigenvalue weighted by Gasteiger charge is 2.21. The lowest BCUT2D eigenvalue weighted by Crippen LogP contribution is -1.98. The fraction of sp³-hybridized carbons (Fsp3) is 0.250. The summed E-state index contributed by atoms with van der Waals surface area (Å²) in [5.74, 6) is 0.447. The zero-order valence-electron chi connectivity index (χ0n) is 12.1. The van der Waals surface area contributed by atoms with E-state index in [0.717, 1.165) is 33.4 Å². The second kappa shape index (κ2) is 5.94. The zero-order valence-corrected chi connectivity index (χ0v) is 16.9. The van der Waals surface area contributed by atoms with Crippen LogP contribution in [0.3, 0.4) is 0 Å². The van der Waals surface area contributed by atoms with E-state index in [2.05, 4.69) is 47.8 Å². The van der Waals surface area contributed by atoms with Crippen molar-refractivity contribution in [1.82, 2.24) is 0 Å². The quantitative estimate of drug-likeness (QED) is 0.506. The smallest absolute Gasteiger partial charge is 0.144 e. The second-order valence-corrected chi connectivity index (χ2v) is 7.51. The Morgan fingerprint density at radius 1 is 0.714 bits per heavy atom. The maximum absolute atomic E-state index is 10.1. The Balaban J connectivity index is 2.96. The van der Waals surface area contributed by atoms with Crippen molar-refractivity contribution < 1.29 is 10.2 Å². The summed E-state index contributed by atoms with van der Waals surface area (Å²) in [7, 11) is 0. The number of phenolic OH excluding ortho intramolecular Hbond substituents is 2. The Morgan fingerprint density at radius 3 is 1.62 bits per heavy atom. The maximum atomic E-state index is 10.1. The first kappa shape index (κ1) is 16.8. The first-order chi connectivity index (χ1) is 9.68. The van der Waals surface area contributed by atoms with Gasteiger partial charge in [-0.2, -0.15) is 0 Å². The minimum absolute atomic E-state index is 0.210. The molecule has 2 N–H and O–H groups in total. The van der Waals surface area contributed by atoms with E-state index in [9.17, 15) is 10.2 Å². The van der Waals surface area contributed by atoms with E-state index in [1.807, 2.05) is 27.7 Å². The molecule has 21 heavy (non-hydrogen) atoms. The number of hydrogen-bond acceptors (Lipinski definition) is 2. The predicted octanol–water partition coefficient (Wildman–Crippen LogP) is 6.29. The van der Waals surface area contributed by atoms with Gasteiger partial charge in [-0.05, 0) is 115 Å². The molecule has 5 heteroatoms. The van der Waals surface area contributed by atoms with Gasteiger partial charge in [0, 0.05) is 0 Å². The molecule has 0 amide bonds. The van der Waals surface area contributed by atoms with E-state index in [-0.39, 0.29) is 11.5 Å². The van der Waals surface area contributed by atoms with Gasteiger partial charge in [-0.3, -0.25) is 0 Å². The average molecular weight is 479 g/mol. The molecule has 112 valence electrons. The van der Waals surface area contributed by atoms with Crippen molar-refractivity contribution >= 4 is 47.8 Å². The molecule has 0 spiro atoms. The molecule has 2 rings (SSSR count). The molecule has 0 heterocycles. The minimum atomic E-state index is 0.210. The van der Waals surface area contributed by atoms with E-state index in [4.69, 9.17) is 0 Å². The minimum Gasteiger partial charge on any atom is -0.507 e. The monoisotopic (exact) mass is 476 g/mol. The first-order valence-corrected chi connectivity index (χ1v) is 8.72. The maximum Gasteiger partial charge on any atom is 0.144 e. The van der Waals surface area contributed by atoms with Gasteiger partial charge < -0.3 is 10.2 Å². The highest BCUT2D eigenvalue weighted by molar-refractivity contribution is 9.11. The number of halogens is 3. The van der Waals surface area contributed by atoms with Gasteiger partial charge in [0.15, 0.2) is 0 Å². The number of rotatable bonds is 1. The SMILES string of the molecule is Cc1cc(O)c(Br)c(C)c1-c1c(C)c(Br)c(O)c(Br)c1C. The molecule has 0 radical (unpaired) electrons. The molecule has 0 fully saturated rings. The number of benzene rings is 2. The third kappa shape index (κ3) is 2.64. The molecule has 0 aliphatic rings. The molecule has 0 bridgehead atoms. The summed E-state index contributed by atoms with van der Waals surface area (Å²) in [4.78, 5) is 0. The fourth-order valence-electron chi connectivity index (χ4n) is 2.65. The highest BCUT2D eigenvalue weighted by Crippen LogP contribution is 2.47. The van der Waals surface area contributed by atoms with Crippen LogP contribution in [0.4, 0.5) is 0 Å². The Labute approximate surface area is 149 Å². The van der Waals surface area contributed by atoms with E-state index < -0.39 is 0 Å². The Hall–Kier alpha value is -0.520. The largest absolute Gasteiger partial charge is 0.507 e. The summed E-state index contributed by atoms with van der Waals surface area (Å²) < 4.78 is 2.05. The summed E-state index contributed by atoms with van der Waals surface area (Å²) in [6.45, 7) is 7.89. The topological polar surface area (TPSA) is 40.5 Å². The van der Waals surface area contributed by atoms with Gasteiger partial charge in [-0.1, -0.05) is 0 Å². The van der Waals surface area contributed by atoms with Gasteiger partial charge >= 0.3 is 0 Å². The van der Waals surface area contributed by atoms with Crippen molar-refractivity contribution in [3.8, 4) is 22.6 Å². The van der Waals surface area contributed by atoms with Crippen molar-refractivity contribution in [2.24, 2.45) is 0 Å². The molecular weight excluding hydrogens is 464 g/mol. The van der Waals surface area contributed by atoms with Gasteiger partial charge in [0.1, 0.15) is 11.5 Å². The predicted molar refractivity (Wildman–Crippen MR) is 97.3 cm³/mol. The first-order valence-electron chi connectivity index (χ1n) is 6.34. The van der Waals surface area contributed by atoms with E-state index >= 15 is 0 Å². The lowest BCUT2D eigenvalue weighted by Gasteiger charge is -2.20. The van der Waals surface area contributed by atoms with Crippen LogP contribution in [0, 0.1) is 27.7 Å². The molecule has 2 aromatic rings. The van der Waals surface area contributed by atoms with Crippen molar-refractivity contribution in [3.05, 3.63) is 41.7 Å². The second-order valence-electron chi connectivity index (χ2n) is 5.13. The summed E-state index contributed by atoms with van der Waals surface area (Å²) in [5, 5.41) is 20.1. The summed E-state index contributed by atoms with van der Waals surface area (Å²) in [6.07, 6.45) is 0. The van der Waals surface area contributed by atoms with E-state index in [0.29, 0.717) is 13.4 Å². The van der Waals surface area contributed by atoms with Gasteiger partial charge in [0.05, 0.1) is 13.4 Å². The molecule has 0 aromatic heterocycles. The molecular formula is C16H15Br3O2. The van der Waals surface area contributed by atoms with E-state index in [1.54, 1.807) is 6.07 Å². The number of hydrogen-bond donors (Lipinski definition) is 2. The van der Waals surface area contributed by atoms with Crippen LogP contribution in [0.15, 0.2) is 19.5 Å². The lowest BCUT2D eigenvalue weighted by molar-refractivity contribution is 0.467. The van der Waals surface area contributed by atoms with Crippen LogP contribution in [-0.2, 0) is 0 Å². The molecule has 0 atom stereocenters. The Morgan fingerprint density at radius 2 is 1.14 bits per heavy atom. The molecule has 0 aliphatic heterocycles. The van der Waals surface area contributed by atoms with Crippen LogP contribution < -0.4 is 0 Å². The van der Waals surface area contributed by atoms with Crippen molar-refractivity contribution in [3.63, 3.8) is 0 Å². The standard InChI is InChI=1S/C16H15Br3O2/c1-6-5-10(20)13(17)7(2)11(6)12-8(3)14(18)16(21)15(19)9(12)4/h5,20-21H,1-4H3. The summed E-state index contributed by atoms with van der Waals surface area (Å²) >= 11 is 10.3. The number of aryl methyl sites for hydroxylation is 1. The Bertz CT molecular complexity index is 723. The van der Waals surface area contributed by atoms with Crippen LogP contribution in [0.1, 0.15) is 22.3 Å². The third-order valence-electron chi connectivity index (χ3n) is 3.75. The van der Waals surface area contributed by atoms with Crippen LogP contribution >= 0.6 is 47.8 Å². The van der Waals surface area contributed by atoms with Crippen LogP contribution in [0.5, 0.6) is 11.5 Å². The molecule has 0 saturated carbocycles. The van der Waals surface area contributed by atoms with Crippen molar-refractivity contribution in [2.45, 2.75) is 27.7 Å². The number of phenols is 2. The Kier molecular flexibility index (Phi) is 4.76. The fourth-order valence-corrected chi connectivity index (χ4v) is 4.02. The molecule has 0 saturated heterocycles. The lowest BCUT2D eigenvalue weighted by atomic mass is 9.89. The highest BCUT2D eigenvalue weighted by atomic mass is 79.9. The summed E-state index contributed by atoms with van der Waals surface area (Å²) in [6, 6.07) is 1.75. The van der Waals surface area contributed by atoms with E-state index in [1.165, 1.54) is 0 Å². The van der Waals surface area contributed by atoms with Crippen LogP contribution in [0.25, 0.3) is 11.1 Å². The average Bonchev–Trinajstić information content (AvgIpc) is 2.44. The normalized spacial score (nSPS) is 11.0. The molecule has 0 unspecified atom stereocenters. The van der Waals surface area contributed by atoms with Crippen molar-refractivity contribution in [1.29, 1.82) is 0 Å². The van der Waals surface area contributed by atoms with Crippen molar-refractivity contribution in [2.75, 3.05) is 0 Å². The zero-order chi connectivity index (χ0) is 16.1. The van der Waals surface area contributed by atoms with Gasteiger partial charge in [0.2, 0.25) is 0 Å². The molecule has 0 aliphatic carbocycles.